The SMILES string of the molecule is CN(CC[C@H](O)c1ccccc1)C(=O)NCCc1nnc(N)s1. The van der Waals surface area contributed by atoms with E-state index in [0.717, 1.165) is 10.6 Å². The number of aliphatic hydroxyl groups excluding tert-OH is 1. The third-order valence-corrected chi connectivity index (χ3v) is 4.18. The number of anilines is 1. The van der Waals surface area contributed by atoms with Crippen molar-refractivity contribution >= 4 is 22.5 Å². The Labute approximate surface area is 139 Å². The molecule has 1 aromatic heterocycles. The van der Waals surface area contributed by atoms with Crippen LogP contribution >= 0.6 is 11.3 Å². The van der Waals surface area contributed by atoms with Gasteiger partial charge in [0, 0.05) is 26.6 Å². The second-order valence-electron chi connectivity index (χ2n) is 5.15. The molecule has 2 aromatic rings. The molecular formula is C15H21N5O2S. The van der Waals surface area contributed by atoms with E-state index in [4.69, 9.17) is 5.73 Å². The summed E-state index contributed by atoms with van der Waals surface area (Å²) in [4.78, 5) is 13.5. The first-order valence-corrected chi connectivity index (χ1v) is 8.17. The highest BCUT2D eigenvalue weighted by molar-refractivity contribution is 7.15. The van der Waals surface area contributed by atoms with Crippen molar-refractivity contribution in [2.45, 2.75) is 18.9 Å². The molecule has 1 atom stereocenters. The van der Waals surface area contributed by atoms with Gasteiger partial charge in [-0.15, -0.1) is 10.2 Å². The Kier molecular flexibility index (Phi) is 6.30. The van der Waals surface area contributed by atoms with Gasteiger partial charge in [0.15, 0.2) is 0 Å². The van der Waals surface area contributed by atoms with Crippen molar-refractivity contribution in [3.8, 4) is 0 Å². The summed E-state index contributed by atoms with van der Waals surface area (Å²) in [5, 5.41) is 21.7. The van der Waals surface area contributed by atoms with Crippen LogP contribution < -0.4 is 11.1 Å². The molecule has 0 saturated heterocycles. The van der Waals surface area contributed by atoms with Crippen molar-refractivity contribution in [2.75, 3.05) is 25.9 Å². The molecule has 2 rings (SSSR count). The highest BCUT2D eigenvalue weighted by atomic mass is 32.1. The van der Waals surface area contributed by atoms with Crippen LogP contribution in [0.25, 0.3) is 0 Å². The number of amides is 2. The van der Waals surface area contributed by atoms with Crippen molar-refractivity contribution in [2.24, 2.45) is 0 Å². The lowest BCUT2D eigenvalue weighted by atomic mass is 10.1. The van der Waals surface area contributed by atoms with E-state index < -0.39 is 6.10 Å². The first kappa shape index (κ1) is 17.2. The predicted molar refractivity (Wildman–Crippen MR) is 90.1 cm³/mol. The van der Waals surface area contributed by atoms with Gasteiger partial charge in [0.1, 0.15) is 5.01 Å². The maximum atomic E-state index is 12.0. The number of aliphatic hydroxyl groups is 1. The van der Waals surface area contributed by atoms with Gasteiger partial charge in [-0.3, -0.25) is 0 Å². The minimum Gasteiger partial charge on any atom is -0.388 e. The summed E-state index contributed by atoms with van der Waals surface area (Å²) < 4.78 is 0. The molecule has 1 aromatic carbocycles. The standard InChI is InChI=1S/C15H21N5O2S/c1-20(10-8-12(21)11-5-3-2-4-6-11)15(22)17-9-7-13-18-19-14(16)23-13/h2-6,12,21H,7-10H2,1H3,(H2,16,19)(H,17,22)/t12-/m0/s1. The molecule has 0 radical (unpaired) electrons. The molecule has 0 aliphatic carbocycles. The highest BCUT2D eigenvalue weighted by Gasteiger charge is 2.12. The van der Waals surface area contributed by atoms with Gasteiger partial charge >= 0.3 is 6.03 Å². The van der Waals surface area contributed by atoms with Gasteiger partial charge in [0.25, 0.3) is 0 Å². The third-order valence-electron chi connectivity index (χ3n) is 3.37. The number of rotatable bonds is 7. The van der Waals surface area contributed by atoms with Crippen molar-refractivity contribution < 1.29 is 9.90 Å². The molecule has 23 heavy (non-hydrogen) atoms. The molecule has 1 heterocycles. The zero-order valence-electron chi connectivity index (χ0n) is 13.0. The fourth-order valence-corrected chi connectivity index (χ4v) is 2.65. The first-order chi connectivity index (χ1) is 11.1. The average molecular weight is 335 g/mol. The van der Waals surface area contributed by atoms with E-state index >= 15 is 0 Å². The lowest BCUT2D eigenvalue weighted by Crippen LogP contribution is -2.39. The number of aromatic nitrogens is 2. The number of nitrogens with two attached hydrogens (primary N) is 1. The average Bonchev–Trinajstić information content (AvgIpc) is 2.98. The fourth-order valence-electron chi connectivity index (χ4n) is 2.04. The van der Waals surface area contributed by atoms with Gasteiger partial charge in [0.05, 0.1) is 6.10 Å². The Morgan fingerprint density at radius 1 is 1.39 bits per heavy atom. The minimum atomic E-state index is -0.573. The van der Waals surface area contributed by atoms with Crippen LogP contribution in [0.4, 0.5) is 9.93 Å². The first-order valence-electron chi connectivity index (χ1n) is 7.36. The van der Waals surface area contributed by atoms with E-state index in [1.165, 1.54) is 11.3 Å². The number of hydrogen-bond donors (Lipinski definition) is 3. The van der Waals surface area contributed by atoms with Gasteiger partial charge in [-0.1, -0.05) is 41.7 Å². The monoisotopic (exact) mass is 335 g/mol. The molecule has 0 aliphatic rings. The Balaban J connectivity index is 1.68. The molecule has 0 bridgehead atoms. The highest BCUT2D eigenvalue weighted by Crippen LogP contribution is 2.16. The van der Waals surface area contributed by atoms with Crippen LogP contribution in [0.1, 0.15) is 23.1 Å². The lowest BCUT2D eigenvalue weighted by Gasteiger charge is -2.19. The Morgan fingerprint density at radius 3 is 2.78 bits per heavy atom. The number of nitrogen functional groups attached to an aromatic ring is 1. The van der Waals surface area contributed by atoms with Gasteiger partial charge in [-0.25, -0.2) is 4.79 Å². The molecule has 0 aliphatic heterocycles. The van der Waals surface area contributed by atoms with Crippen LogP contribution in [0.3, 0.4) is 0 Å². The van der Waals surface area contributed by atoms with Crippen molar-refractivity contribution in [1.29, 1.82) is 0 Å². The number of urea groups is 1. The smallest absolute Gasteiger partial charge is 0.317 e. The molecule has 8 heteroatoms. The number of hydrogen-bond acceptors (Lipinski definition) is 6. The summed E-state index contributed by atoms with van der Waals surface area (Å²) in [7, 11) is 1.70. The van der Waals surface area contributed by atoms with Crippen LogP contribution in [0.5, 0.6) is 0 Å². The van der Waals surface area contributed by atoms with E-state index in [1.54, 1.807) is 11.9 Å². The second-order valence-corrected chi connectivity index (χ2v) is 6.25. The Hall–Kier alpha value is -2.19. The van der Waals surface area contributed by atoms with Crippen LogP contribution in [0, 0.1) is 0 Å². The normalized spacial score (nSPS) is 11.9. The van der Waals surface area contributed by atoms with Crippen LogP contribution in [-0.2, 0) is 6.42 Å². The largest absolute Gasteiger partial charge is 0.388 e. The summed E-state index contributed by atoms with van der Waals surface area (Å²) in [5.74, 6) is 0. The summed E-state index contributed by atoms with van der Waals surface area (Å²) in [5.41, 5.74) is 6.36. The van der Waals surface area contributed by atoms with Crippen LogP contribution in [-0.4, -0.2) is 46.4 Å². The maximum absolute atomic E-state index is 12.0. The fraction of sp³-hybridized carbons (Fsp3) is 0.400. The summed E-state index contributed by atoms with van der Waals surface area (Å²) in [6.45, 7) is 0.937. The Bertz CT molecular complexity index is 619. The molecular weight excluding hydrogens is 314 g/mol. The predicted octanol–water partition coefficient (Wildman–Crippen LogP) is 1.43. The minimum absolute atomic E-state index is 0.178. The molecule has 0 spiro atoms. The van der Waals surface area contributed by atoms with E-state index in [2.05, 4.69) is 15.5 Å². The number of benzene rings is 1. The third kappa shape index (κ3) is 5.50. The summed E-state index contributed by atoms with van der Waals surface area (Å²) in [6.07, 6.45) is 0.512. The Morgan fingerprint density at radius 2 is 2.13 bits per heavy atom. The van der Waals surface area contributed by atoms with Gasteiger partial charge in [-0.05, 0) is 12.0 Å². The molecule has 0 saturated carbocycles. The van der Waals surface area contributed by atoms with Crippen LogP contribution in [0.15, 0.2) is 30.3 Å². The summed E-state index contributed by atoms with van der Waals surface area (Å²) in [6, 6.07) is 9.24. The molecule has 2 amide bonds. The molecule has 0 unspecified atom stereocenters. The lowest BCUT2D eigenvalue weighted by molar-refractivity contribution is 0.150. The molecule has 4 N–H and O–H groups in total. The van der Waals surface area contributed by atoms with Crippen molar-refractivity contribution in [3.05, 3.63) is 40.9 Å². The topological polar surface area (TPSA) is 104 Å². The molecule has 124 valence electrons. The van der Waals surface area contributed by atoms with Crippen molar-refractivity contribution in [3.63, 3.8) is 0 Å². The van der Waals surface area contributed by atoms with Gasteiger partial charge < -0.3 is 21.1 Å². The van der Waals surface area contributed by atoms with Crippen LogP contribution in [0.2, 0.25) is 0 Å². The number of carbonyl (C=O) groups is 1. The zero-order chi connectivity index (χ0) is 16.7. The van der Waals surface area contributed by atoms with E-state index in [0.29, 0.717) is 31.1 Å². The second kappa shape index (κ2) is 8.44. The van der Waals surface area contributed by atoms with E-state index in [1.807, 2.05) is 30.3 Å². The quantitative estimate of drug-likeness (QED) is 0.710. The van der Waals surface area contributed by atoms with E-state index in [-0.39, 0.29) is 6.03 Å². The van der Waals surface area contributed by atoms with Crippen molar-refractivity contribution in [1.82, 2.24) is 20.4 Å². The number of carbonyl (C=O) groups excluding carboxylic acids is 1. The van der Waals surface area contributed by atoms with E-state index in [9.17, 15) is 9.90 Å². The number of nitrogens with one attached hydrogen (secondary N) is 1. The molecule has 0 fully saturated rings. The maximum Gasteiger partial charge on any atom is 0.317 e. The number of nitrogens with zero attached hydrogens (tertiary/aromatic N) is 3. The van der Waals surface area contributed by atoms with Gasteiger partial charge in [0.2, 0.25) is 5.13 Å². The molecule has 7 nitrogen and oxygen atoms in total. The summed E-state index contributed by atoms with van der Waals surface area (Å²) >= 11 is 1.32. The zero-order valence-corrected chi connectivity index (χ0v) is 13.8. The van der Waals surface area contributed by atoms with Gasteiger partial charge in [-0.2, -0.15) is 0 Å².